The fraction of sp³-hybridized carbons (Fsp3) is 0.556. The molecule has 2 amide bonds. The van der Waals surface area contributed by atoms with Gasteiger partial charge in [-0.2, -0.15) is 0 Å². The molecule has 1 heterocycles. The van der Waals surface area contributed by atoms with Gasteiger partial charge in [0, 0.05) is 42.8 Å². The minimum atomic E-state index is -0.0223. The molecule has 6 heteroatoms. The van der Waals surface area contributed by atoms with E-state index in [2.05, 4.69) is 10.2 Å². The van der Waals surface area contributed by atoms with E-state index in [1.165, 1.54) is 0 Å². The van der Waals surface area contributed by atoms with E-state index in [1.54, 1.807) is 0 Å². The molecule has 0 unspecified atom stereocenters. The molecule has 1 aliphatic heterocycles. The standard InChI is InChI=1S/C18H26ClN3O2/c1-3-14(4-2)18(24)20-13-17(23)22-10-8-21(9-11-22)16-7-5-6-15(19)12-16/h5-7,12,14H,3-4,8-11,13H2,1-2H3,(H,20,24). The van der Waals surface area contributed by atoms with Gasteiger partial charge in [0.2, 0.25) is 11.8 Å². The van der Waals surface area contributed by atoms with Crippen molar-refractivity contribution < 1.29 is 9.59 Å². The number of nitrogens with zero attached hydrogens (tertiary/aromatic N) is 2. The minimum Gasteiger partial charge on any atom is -0.368 e. The lowest BCUT2D eigenvalue weighted by Crippen LogP contribution is -2.51. The summed E-state index contributed by atoms with van der Waals surface area (Å²) in [7, 11) is 0. The van der Waals surface area contributed by atoms with Gasteiger partial charge in [-0.25, -0.2) is 0 Å². The van der Waals surface area contributed by atoms with Crippen molar-refractivity contribution in [1.29, 1.82) is 0 Å². The van der Waals surface area contributed by atoms with Crippen LogP contribution in [0, 0.1) is 5.92 Å². The van der Waals surface area contributed by atoms with Crippen molar-refractivity contribution in [2.24, 2.45) is 5.92 Å². The number of amides is 2. The van der Waals surface area contributed by atoms with Crippen LogP contribution >= 0.6 is 11.6 Å². The lowest BCUT2D eigenvalue weighted by atomic mass is 10.0. The van der Waals surface area contributed by atoms with E-state index in [9.17, 15) is 9.59 Å². The maximum Gasteiger partial charge on any atom is 0.242 e. The maximum atomic E-state index is 12.3. The van der Waals surface area contributed by atoms with Crippen LogP contribution in [0.5, 0.6) is 0 Å². The molecule has 5 nitrogen and oxygen atoms in total. The number of hydrogen-bond acceptors (Lipinski definition) is 3. The SMILES string of the molecule is CCC(CC)C(=O)NCC(=O)N1CCN(c2cccc(Cl)c2)CC1. The van der Waals surface area contributed by atoms with Gasteiger partial charge in [0.25, 0.3) is 0 Å². The zero-order valence-corrected chi connectivity index (χ0v) is 15.2. The normalized spacial score (nSPS) is 14.8. The lowest BCUT2D eigenvalue weighted by molar-refractivity contribution is -0.134. The van der Waals surface area contributed by atoms with E-state index in [4.69, 9.17) is 11.6 Å². The highest BCUT2D eigenvalue weighted by Gasteiger charge is 2.22. The molecular weight excluding hydrogens is 326 g/mol. The monoisotopic (exact) mass is 351 g/mol. The van der Waals surface area contributed by atoms with Gasteiger partial charge in [-0.15, -0.1) is 0 Å². The molecule has 0 aromatic heterocycles. The van der Waals surface area contributed by atoms with Gasteiger partial charge in [-0.3, -0.25) is 9.59 Å². The van der Waals surface area contributed by atoms with Gasteiger partial charge in [-0.05, 0) is 31.0 Å². The van der Waals surface area contributed by atoms with Crippen LogP contribution in [0.1, 0.15) is 26.7 Å². The predicted molar refractivity (Wildman–Crippen MR) is 97.3 cm³/mol. The average molecular weight is 352 g/mol. The van der Waals surface area contributed by atoms with Crippen LogP contribution in [0.2, 0.25) is 5.02 Å². The van der Waals surface area contributed by atoms with Crippen LogP contribution in [-0.2, 0) is 9.59 Å². The number of benzene rings is 1. The lowest BCUT2D eigenvalue weighted by Gasteiger charge is -2.36. The summed E-state index contributed by atoms with van der Waals surface area (Å²) < 4.78 is 0. The molecular formula is C18H26ClN3O2. The first-order valence-corrected chi connectivity index (χ1v) is 8.99. The molecule has 132 valence electrons. The Kier molecular flexibility index (Phi) is 6.91. The maximum absolute atomic E-state index is 12.3. The van der Waals surface area contributed by atoms with Gasteiger partial charge in [-0.1, -0.05) is 31.5 Å². The van der Waals surface area contributed by atoms with E-state index in [0.29, 0.717) is 13.1 Å². The van der Waals surface area contributed by atoms with Crippen molar-refractivity contribution in [3.8, 4) is 0 Å². The van der Waals surface area contributed by atoms with Crippen molar-refractivity contribution in [3.05, 3.63) is 29.3 Å². The number of carbonyl (C=O) groups is 2. The summed E-state index contributed by atoms with van der Waals surface area (Å²) in [6.07, 6.45) is 1.60. The van der Waals surface area contributed by atoms with E-state index >= 15 is 0 Å². The van der Waals surface area contributed by atoms with Crippen LogP contribution in [0.4, 0.5) is 5.69 Å². The molecule has 0 bridgehead atoms. The molecule has 1 aliphatic rings. The Bertz CT molecular complexity index is 567. The molecule has 0 atom stereocenters. The molecule has 1 N–H and O–H groups in total. The largest absolute Gasteiger partial charge is 0.368 e. The fourth-order valence-electron chi connectivity index (χ4n) is 2.97. The quantitative estimate of drug-likeness (QED) is 0.857. The first-order valence-electron chi connectivity index (χ1n) is 8.61. The van der Waals surface area contributed by atoms with E-state index in [1.807, 2.05) is 43.0 Å². The molecule has 2 rings (SSSR count). The summed E-state index contributed by atoms with van der Waals surface area (Å²) in [6.45, 7) is 6.93. The van der Waals surface area contributed by atoms with E-state index in [0.717, 1.165) is 36.6 Å². The second-order valence-electron chi connectivity index (χ2n) is 6.08. The first-order chi connectivity index (χ1) is 11.5. The molecule has 0 saturated carbocycles. The third-order valence-electron chi connectivity index (χ3n) is 4.58. The zero-order chi connectivity index (χ0) is 17.5. The van der Waals surface area contributed by atoms with E-state index in [-0.39, 0.29) is 24.3 Å². The molecule has 1 aromatic rings. The van der Waals surface area contributed by atoms with Crippen LogP contribution in [0.3, 0.4) is 0 Å². The third kappa shape index (κ3) is 4.87. The third-order valence-corrected chi connectivity index (χ3v) is 4.81. The molecule has 24 heavy (non-hydrogen) atoms. The number of rotatable bonds is 6. The number of nitrogens with one attached hydrogen (secondary N) is 1. The Hall–Kier alpha value is -1.75. The molecule has 0 spiro atoms. The highest BCUT2D eigenvalue weighted by molar-refractivity contribution is 6.30. The topological polar surface area (TPSA) is 52.7 Å². The molecule has 1 saturated heterocycles. The van der Waals surface area contributed by atoms with Crippen molar-refractivity contribution in [3.63, 3.8) is 0 Å². The molecule has 0 radical (unpaired) electrons. The van der Waals surface area contributed by atoms with Crippen LogP contribution in [0.25, 0.3) is 0 Å². The van der Waals surface area contributed by atoms with Crippen LogP contribution < -0.4 is 10.2 Å². The van der Waals surface area contributed by atoms with Gasteiger partial charge >= 0.3 is 0 Å². The summed E-state index contributed by atoms with van der Waals surface area (Å²) >= 11 is 6.03. The number of carbonyl (C=O) groups excluding carboxylic acids is 2. The smallest absolute Gasteiger partial charge is 0.242 e. The predicted octanol–water partition coefficient (Wildman–Crippen LogP) is 2.54. The number of piperazine rings is 1. The van der Waals surface area contributed by atoms with E-state index < -0.39 is 0 Å². The van der Waals surface area contributed by atoms with Crippen molar-refractivity contribution in [1.82, 2.24) is 10.2 Å². The zero-order valence-electron chi connectivity index (χ0n) is 14.4. The van der Waals surface area contributed by atoms with Gasteiger partial charge < -0.3 is 15.1 Å². The Morgan fingerprint density at radius 2 is 1.83 bits per heavy atom. The van der Waals surface area contributed by atoms with Gasteiger partial charge in [0.1, 0.15) is 0 Å². The van der Waals surface area contributed by atoms with Crippen molar-refractivity contribution in [2.75, 3.05) is 37.6 Å². The average Bonchev–Trinajstić information content (AvgIpc) is 2.61. The summed E-state index contributed by atoms with van der Waals surface area (Å²) in [6, 6.07) is 7.75. The Morgan fingerprint density at radius 1 is 1.17 bits per heavy atom. The first kappa shape index (κ1) is 18.6. The van der Waals surface area contributed by atoms with Crippen LogP contribution in [-0.4, -0.2) is 49.4 Å². The van der Waals surface area contributed by atoms with Gasteiger partial charge in [0.15, 0.2) is 0 Å². The minimum absolute atomic E-state index is 0.00234. The second-order valence-corrected chi connectivity index (χ2v) is 6.52. The molecule has 1 fully saturated rings. The highest BCUT2D eigenvalue weighted by Crippen LogP contribution is 2.20. The number of anilines is 1. The molecule has 1 aromatic carbocycles. The molecule has 0 aliphatic carbocycles. The fourth-order valence-corrected chi connectivity index (χ4v) is 3.15. The van der Waals surface area contributed by atoms with Crippen molar-refractivity contribution in [2.45, 2.75) is 26.7 Å². The van der Waals surface area contributed by atoms with Crippen LogP contribution in [0.15, 0.2) is 24.3 Å². The highest BCUT2D eigenvalue weighted by atomic mass is 35.5. The second kappa shape index (κ2) is 8.92. The number of hydrogen-bond donors (Lipinski definition) is 1. The Labute approximate surface area is 149 Å². The summed E-state index contributed by atoms with van der Waals surface area (Å²) in [5.74, 6) is -0.0385. The summed E-state index contributed by atoms with van der Waals surface area (Å²) in [4.78, 5) is 28.3. The number of halogens is 1. The van der Waals surface area contributed by atoms with Gasteiger partial charge in [0.05, 0.1) is 6.54 Å². The Balaban J connectivity index is 1.79. The Morgan fingerprint density at radius 3 is 2.42 bits per heavy atom. The summed E-state index contributed by atoms with van der Waals surface area (Å²) in [5.41, 5.74) is 1.08. The summed E-state index contributed by atoms with van der Waals surface area (Å²) in [5, 5.41) is 3.49. The van der Waals surface area contributed by atoms with Crippen molar-refractivity contribution >= 4 is 29.1 Å².